The number of aliphatic hydroxyl groups excluding tert-OH is 1. The molecule has 5 heteroatoms. The fourth-order valence-electron chi connectivity index (χ4n) is 3.17. The Kier molecular flexibility index (Phi) is 5.05. The van der Waals surface area contributed by atoms with Gasteiger partial charge < -0.3 is 10.4 Å². The normalized spacial score (nSPS) is 15.8. The predicted octanol–water partition coefficient (Wildman–Crippen LogP) is 3.39. The molecule has 1 aromatic carbocycles. The summed E-state index contributed by atoms with van der Waals surface area (Å²) in [5, 5.41) is 18.1. The van der Waals surface area contributed by atoms with Gasteiger partial charge in [-0.05, 0) is 50.3 Å². The van der Waals surface area contributed by atoms with E-state index in [9.17, 15) is 0 Å². The first-order valence-corrected chi connectivity index (χ1v) is 8.60. The Morgan fingerprint density at radius 1 is 1.30 bits per heavy atom. The van der Waals surface area contributed by atoms with Gasteiger partial charge in [0.15, 0.2) is 0 Å². The van der Waals surface area contributed by atoms with E-state index in [0.29, 0.717) is 18.5 Å². The van der Waals surface area contributed by atoms with E-state index in [1.807, 2.05) is 23.7 Å². The summed E-state index contributed by atoms with van der Waals surface area (Å²) in [4.78, 5) is 0. The van der Waals surface area contributed by atoms with Gasteiger partial charge in [-0.3, -0.25) is 4.68 Å². The molecule has 1 aliphatic rings. The Labute approximate surface area is 142 Å². The van der Waals surface area contributed by atoms with E-state index in [1.165, 1.54) is 24.0 Å². The van der Waals surface area contributed by atoms with E-state index in [-0.39, 0.29) is 6.61 Å². The molecule has 3 rings (SSSR count). The van der Waals surface area contributed by atoms with E-state index in [4.69, 9.17) is 16.7 Å². The maximum Gasteiger partial charge on any atom is 0.0644 e. The summed E-state index contributed by atoms with van der Waals surface area (Å²) in [6, 6.07) is 8.53. The predicted molar refractivity (Wildman–Crippen MR) is 92.5 cm³/mol. The highest BCUT2D eigenvalue weighted by atomic mass is 35.5. The third-order valence-electron chi connectivity index (χ3n) is 4.66. The van der Waals surface area contributed by atoms with Gasteiger partial charge in [0.1, 0.15) is 0 Å². The molecule has 4 nitrogen and oxygen atoms in total. The molecule has 0 amide bonds. The van der Waals surface area contributed by atoms with Crippen molar-refractivity contribution in [1.29, 1.82) is 0 Å². The van der Waals surface area contributed by atoms with E-state index in [0.717, 1.165) is 23.0 Å². The Balaban J connectivity index is 1.74. The van der Waals surface area contributed by atoms with Gasteiger partial charge in [-0.15, -0.1) is 0 Å². The first-order chi connectivity index (χ1) is 11.1. The molecule has 0 spiro atoms. The third kappa shape index (κ3) is 3.77. The van der Waals surface area contributed by atoms with Gasteiger partial charge in [-0.1, -0.05) is 23.7 Å². The Bertz CT molecular complexity index is 662. The molecule has 0 aliphatic heterocycles. The zero-order valence-corrected chi connectivity index (χ0v) is 14.5. The minimum Gasteiger partial charge on any atom is -0.394 e. The molecule has 124 valence electrons. The van der Waals surface area contributed by atoms with Crippen LogP contribution in [0.5, 0.6) is 0 Å². The molecule has 0 radical (unpaired) electrons. The fourth-order valence-corrected chi connectivity index (χ4v) is 3.30. The van der Waals surface area contributed by atoms with Gasteiger partial charge in [0.25, 0.3) is 0 Å². The van der Waals surface area contributed by atoms with Crippen LogP contribution in [0.1, 0.15) is 41.4 Å². The average Bonchev–Trinajstić information content (AvgIpc) is 3.32. The van der Waals surface area contributed by atoms with E-state index < -0.39 is 0 Å². The third-order valence-corrected chi connectivity index (χ3v) is 4.92. The van der Waals surface area contributed by atoms with E-state index >= 15 is 0 Å². The number of halogens is 1. The summed E-state index contributed by atoms with van der Waals surface area (Å²) in [7, 11) is 0. The van der Waals surface area contributed by atoms with Crippen molar-refractivity contribution in [3.8, 4) is 0 Å². The lowest BCUT2D eigenvalue weighted by molar-refractivity contribution is 0.267. The summed E-state index contributed by atoms with van der Waals surface area (Å²) in [6.45, 7) is 5.57. The van der Waals surface area contributed by atoms with Crippen molar-refractivity contribution in [3.05, 3.63) is 51.8 Å². The number of aliphatic hydroxyl groups is 1. The van der Waals surface area contributed by atoms with Crippen molar-refractivity contribution >= 4 is 11.6 Å². The molecule has 1 atom stereocenters. The van der Waals surface area contributed by atoms with Crippen molar-refractivity contribution < 1.29 is 5.11 Å². The van der Waals surface area contributed by atoms with Crippen molar-refractivity contribution in [2.75, 3.05) is 6.61 Å². The molecular weight excluding hydrogens is 310 g/mol. The Morgan fingerprint density at radius 2 is 2.00 bits per heavy atom. The maximum absolute atomic E-state index is 9.13. The van der Waals surface area contributed by atoms with Gasteiger partial charge in [0.2, 0.25) is 0 Å². The van der Waals surface area contributed by atoms with Crippen LogP contribution in [-0.2, 0) is 13.1 Å². The monoisotopic (exact) mass is 333 g/mol. The molecule has 1 aromatic heterocycles. The second-order valence-corrected chi connectivity index (χ2v) is 6.78. The molecule has 1 fully saturated rings. The smallest absolute Gasteiger partial charge is 0.0644 e. The zero-order valence-electron chi connectivity index (χ0n) is 13.7. The van der Waals surface area contributed by atoms with Crippen molar-refractivity contribution in [1.82, 2.24) is 15.1 Å². The van der Waals surface area contributed by atoms with Crippen molar-refractivity contribution in [2.24, 2.45) is 5.92 Å². The van der Waals surface area contributed by atoms with Gasteiger partial charge in [0.05, 0.1) is 18.8 Å². The number of benzene rings is 1. The highest BCUT2D eigenvalue weighted by Gasteiger charge is 2.32. The lowest BCUT2D eigenvalue weighted by Crippen LogP contribution is -2.23. The number of nitrogens with zero attached hydrogens (tertiary/aromatic N) is 2. The highest BCUT2D eigenvalue weighted by Crippen LogP contribution is 2.41. The highest BCUT2D eigenvalue weighted by molar-refractivity contribution is 6.30. The Hall–Kier alpha value is -1.36. The minimum atomic E-state index is 0.115. The lowest BCUT2D eigenvalue weighted by atomic mass is 10.0. The second-order valence-electron chi connectivity index (χ2n) is 6.34. The molecular formula is C18H24ClN3O. The van der Waals surface area contributed by atoms with Crippen LogP contribution in [0.15, 0.2) is 24.3 Å². The number of hydrogen-bond donors (Lipinski definition) is 2. The molecule has 1 heterocycles. The van der Waals surface area contributed by atoms with Crippen LogP contribution in [0, 0.1) is 19.8 Å². The zero-order chi connectivity index (χ0) is 16.4. The summed E-state index contributed by atoms with van der Waals surface area (Å²) in [6.07, 6.45) is 2.56. The lowest BCUT2D eigenvalue weighted by Gasteiger charge is -2.19. The van der Waals surface area contributed by atoms with Gasteiger partial charge >= 0.3 is 0 Å². The molecule has 1 aliphatic carbocycles. The molecule has 1 saturated carbocycles. The summed E-state index contributed by atoms with van der Waals surface area (Å²) in [5.74, 6) is 0.712. The van der Waals surface area contributed by atoms with Crippen LogP contribution in [0.25, 0.3) is 0 Å². The van der Waals surface area contributed by atoms with Gasteiger partial charge in [-0.2, -0.15) is 5.10 Å². The fraction of sp³-hybridized carbons (Fsp3) is 0.500. The van der Waals surface area contributed by atoms with Crippen molar-refractivity contribution in [3.63, 3.8) is 0 Å². The largest absolute Gasteiger partial charge is 0.394 e. The van der Waals surface area contributed by atoms with E-state index in [1.54, 1.807) is 0 Å². The van der Waals surface area contributed by atoms with Crippen LogP contribution < -0.4 is 5.32 Å². The first-order valence-electron chi connectivity index (χ1n) is 8.22. The summed E-state index contributed by atoms with van der Waals surface area (Å²) < 4.78 is 1.89. The number of nitrogens with one attached hydrogen (secondary N) is 1. The molecule has 2 aromatic rings. The SMILES string of the molecule is Cc1nn(CCO)c(C)c1CNC(c1ccc(Cl)cc1)C1CC1. The summed E-state index contributed by atoms with van der Waals surface area (Å²) in [5.41, 5.74) is 4.71. The molecule has 2 N–H and O–H groups in total. The first kappa shape index (κ1) is 16.5. The number of hydrogen-bond acceptors (Lipinski definition) is 3. The standard InChI is InChI=1S/C18H24ClN3O/c1-12-17(13(2)22(21-12)9-10-23)11-20-18(14-3-4-14)15-5-7-16(19)8-6-15/h5-8,14,18,20,23H,3-4,9-11H2,1-2H3. The molecule has 0 bridgehead atoms. The van der Waals surface area contributed by atoms with Crippen LogP contribution in [0.4, 0.5) is 0 Å². The number of aromatic nitrogens is 2. The summed E-state index contributed by atoms with van der Waals surface area (Å²) >= 11 is 6.01. The minimum absolute atomic E-state index is 0.115. The van der Waals surface area contributed by atoms with Gasteiger partial charge in [0, 0.05) is 28.9 Å². The second kappa shape index (κ2) is 7.04. The topological polar surface area (TPSA) is 50.1 Å². The number of rotatable bonds is 7. The number of aryl methyl sites for hydroxylation is 1. The van der Waals surface area contributed by atoms with Crippen LogP contribution in [0.2, 0.25) is 5.02 Å². The van der Waals surface area contributed by atoms with Crippen molar-refractivity contribution in [2.45, 2.75) is 45.8 Å². The van der Waals surface area contributed by atoms with E-state index in [2.05, 4.69) is 29.5 Å². The maximum atomic E-state index is 9.13. The average molecular weight is 334 g/mol. The molecule has 1 unspecified atom stereocenters. The van der Waals surface area contributed by atoms with Gasteiger partial charge in [-0.25, -0.2) is 0 Å². The quantitative estimate of drug-likeness (QED) is 0.816. The molecule has 23 heavy (non-hydrogen) atoms. The van der Waals surface area contributed by atoms with Crippen LogP contribution in [0.3, 0.4) is 0 Å². The molecule has 0 saturated heterocycles. The Morgan fingerprint density at radius 3 is 2.61 bits per heavy atom. The van der Waals surface area contributed by atoms with Crippen LogP contribution in [-0.4, -0.2) is 21.5 Å². The van der Waals surface area contributed by atoms with Crippen LogP contribution >= 0.6 is 11.6 Å².